The molecule has 0 spiro atoms. The van der Waals surface area contributed by atoms with E-state index >= 15 is 0 Å². The van der Waals surface area contributed by atoms with Gasteiger partial charge in [0.1, 0.15) is 11.9 Å². The molecule has 2 amide bonds. The van der Waals surface area contributed by atoms with Gasteiger partial charge in [0.05, 0.1) is 5.69 Å². The Labute approximate surface area is 123 Å². The Balaban J connectivity index is 2.76. The van der Waals surface area contributed by atoms with Crippen molar-refractivity contribution < 1.29 is 14.0 Å². The minimum atomic E-state index is -0.716. The first-order chi connectivity index (χ1) is 8.43. The number of halogens is 2. The summed E-state index contributed by atoms with van der Waals surface area (Å²) in [5, 5.41) is 5.09. The van der Waals surface area contributed by atoms with Gasteiger partial charge in [0.15, 0.2) is 0 Å². The number of carbonyl (C=O) groups excluding carboxylic acids is 2. The molecule has 0 radical (unpaired) electrons. The van der Waals surface area contributed by atoms with Gasteiger partial charge in [-0.25, -0.2) is 4.39 Å². The largest absolute Gasteiger partial charge is 0.344 e. The maximum absolute atomic E-state index is 12.9. The highest BCUT2D eigenvalue weighted by Crippen LogP contribution is 2.19. The number of hydrogen-bond acceptors (Lipinski definition) is 3. The molecule has 1 aromatic rings. The third kappa shape index (κ3) is 4.45. The summed E-state index contributed by atoms with van der Waals surface area (Å²) in [4.78, 5) is 22.7. The summed E-state index contributed by atoms with van der Waals surface area (Å²) >= 11 is 5.92. The molecule has 4 nitrogen and oxygen atoms in total. The molecule has 18 heavy (non-hydrogen) atoms. The van der Waals surface area contributed by atoms with Crippen LogP contribution < -0.4 is 10.6 Å². The number of rotatable bonds is 4. The van der Waals surface area contributed by atoms with Gasteiger partial charge in [0.2, 0.25) is 11.8 Å². The summed E-state index contributed by atoms with van der Waals surface area (Å²) in [5.74, 6) is -0.879. The molecule has 7 heteroatoms. The fraction of sp³-hybridized carbons (Fsp3) is 0.273. The van der Waals surface area contributed by atoms with Crippen molar-refractivity contribution in [2.24, 2.45) is 0 Å². The Morgan fingerprint density at radius 1 is 1.50 bits per heavy atom. The molecule has 1 rings (SSSR count). The molecule has 0 aromatic heterocycles. The lowest BCUT2D eigenvalue weighted by Gasteiger charge is -2.16. The summed E-state index contributed by atoms with van der Waals surface area (Å²) in [6, 6.07) is 3.32. The molecule has 0 bridgehead atoms. The predicted molar refractivity (Wildman–Crippen MR) is 79.2 cm³/mol. The third-order valence-electron chi connectivity index (χ3n) is 2.07. The van der Waals surface area contributed by atoms with Crippen LogP contribution >= 0.6 is 35.2 Å². The number of thiol groups is 1. The molecule has 1 atom stereocenters. The van der Waals surface area contributed by atoms with E-state index < -0.39 is 6.04 Å². The lowest BCUT2D eigenvalue weighted by molar-refractivity contribution is -0.124. The second kappa shape index (κ2) is 6.93. The molecular weight excluding hydrogens is 370 g/mol. The Bertz CT molecular complexity index is 470. The molecule has 0 heterocycles. The number of anilines is 1. The number of amides is 2. The third-order valence-corrected chi connectivity index (χ3v) is 3.32. The van der Waals surface area contributed by atoms with E-state index in [-0.39, 0.29) is 23.4 Å². The van der Waals surface area contributed by atoms with Gasteiger partial charge in [-0.2, -0.15) is 12.6 Å². The fourth-order valence-electron chi connectivity index (χ4n) is 1.25. The molecule has 0 aliphatic rings. The van der Waals surface area contributed by atoms with Crippen molar-refractivity contribution in [3.05, 3.63) is 27.6 Å². The minimum absolute atomic E-state index is 0.184. The number of hydrogen-bond donors (Lipinski definition) is 3. The number of carbonyl (C=O) groups is 2. The predicted octanol–water partition coefficient (Wildman–Crippen LogP) is 1.80. The van der Waals surface area contributed by atoms with Crippen LogP contribution in [0.3, 0.4) is 0 Å². The van der Waals surface area contributed by atoms with Gasteiger partial charge < -0.3 is 10.6 Å². The molecule has 1 aromatic carbocycles. The molecule has 2 N–H and O–H groups in total. The molecule has 98 valence electrons. The first-order valence-electron chi connectivity index (χ1n) is 5.08. The molecule has 0 fully saturated rings. The molecular formula is C11H12FIN2O2S. The second-order valence-corrected chi connectivity index (χ2v) is 5.08. The van der Waals surface area contributed by atoms with Crippen LogP contribution in [0.15, 0.2) is 18.2 Å². The monoisotopic (exact) mass is 382 g/mol. The van der Waals surface area contributed by atoms with Crippen LogP contribution in [0.25, 0.3) is 0 Å². The summed E-state index contributed by atoms with van der Waals surface area (Å²) in [6.45, 7) is 1.32. The van der Waals surface area contributed by atoms with E-state index in [2.05, 4.69) is 23.3 Å². The molecule has 0 saturated carbocycles. The van der Waals surface area contributed by atoms with Crippen LogP contribution in [0.1, 0.15) is 6.92 Å². The smallest absolute Gasteiger partial charge is 0.247 e. The summed E-state index contributed by atoms with van der Waals surface area (Å²) in [7, 11) is 0. The van der Waals surface area contributed by atoms with E-state index in [0.29, 0.717) is 9.26 Å². The Kier molecular flexibility index (Phi) is 5.86. The van der Waals surface area contributed by atoms with E-state index in [1.54, 1.807) is 0 Å². The standard InChI is InChI=1S/C11H12FIN2O2S/c1-6(16)14-10(5-18)11(17)15-9-3-2-7(12)4-8(9)13/h2-4,10,18H,5H2,1H3,(H,14,16)(H,15,17). The Hall–Kier alpha value is -0.830. The van der Waals surface area contributed by atoms with Crippen LogP contribution in [0, 0.1) is 9.39 Å². The highest BCUT2D eigenvalue weighted by Gasteiger charge is 2.18. The van der Waals surface area contributed by atoms with Crippen molar-refractivity contribution >= 4 is 52.7 Å². The van der Waals surface area contributed by atoms with Gasteiger partial charge in [-0.3, -0.25) is 9.59 Å². The van der Waals surface area contributed by atoms with Crippen LogP contribution in [-0.2, 0) is 9.59 Å². The first-order valence-corrected chi connectivity index (χ1v) is 6.79. The van der Waals surface area contributed by atoms with Crippen molar-refractivity contribution in [1.82, 2.24) is 5.32 Å². The maximum atomic E-state index is 12.9. The lowest BCUT2D eigenvalue weighted by Crippen LogP contribution is -2.44. The average Bonchev–Trinajstić information content (AvgIpc) is 2.29. The first kappa shape index (κ1) is 15.2. The normalized spacial score (nSPS) is 11.8. The van der Waals surface area contributed by atoms with E-state index in [0.717, 1.165) is 0 Å². The molecule has 0 aliphatic carbocycles. The van der Waals surface area contributed by atoms with Crippen LogP contribution in [0.2, 0.25) is 0 Å². The molecule has 0 aliphatic heterocycles. The van der Waals surface area contributed by atoms with E-state index in [1.807, 2.05) is 22.6 Å². The number of nitrogens with one attached hydrogen (secondary N) is 2. The van der Waals surface area contributed by atoms with Gasteiger partial charge in [-0.1, -0.05) is 0 Å². The summed E-state index contributed by atoms with van der Waals surface area (Å²) in [5.41, 5.74) is 0.499. The lowest BCUT2D eigenvalue weighted by atomic mass is 10.2. The molecule has 0 saturated heterocycles. The van der Waals surface area contributed by atoms with E-state index in [4.69, 9.17) is 0 Å². The SMILES string of the molecule is CC(=O)NC(CS)C(=O)Nc1ccc(F)cc1I. The van der Waals surface area contributed by atoms with Crippen LogP contribution in [0.5, 0.6) is 0 Å². The van der Waals surface area contributed by atoms with E-state index in [1.165, 1.54) is 25.1 Å². The molecule has 1 unspecified atom stereocenters. The van der Waals surface area contributed by atoms with Crippen molar-refractivity contribution in [3.63, 3.8) is 0 Å². The Morgan fingerprint density at radius 2 is 2.17 bits per heavy atom. The zero-order valence-corrected chi connectivity index (χ0v) is 12.6. The quantitative estimate of drug-likeness (QED) is 0.550. The topological polar surface area (TPSA) is 58.2 Å². The van der Waals surface area contributed by atoms with Gasteiger partial charge in [0.25, 0.3) is 0 Å². The highest BCUT2D eigenvalue weighted by atomic mass is 127. The summed E-state index contributed by atoms with van der Waals surface area (Å²) in [6.07, 6.45) is 0. The summed E-state index contributed by atoms with van der Waals surface area (Å²) < 4.78 is 13.5. The zero-order chi connectivity index (χ0) is 13.7. The van der Waals surface area contributed by atoms with Gasteiger partial charge in [-0.05, 0) is 40.8 Å². The van der Waals surface area contributed by atoms with E-state index in [9.17, 15) is 14.0 Å². The Morgan fingerprint density at radius 3 is 2.67 bits per heavy atom. The maximum Gasteiger partial charge on any atom is 0.247 e. The van der Waals surface area contributed by atoms with Crippen LogP contribution in [-0.4, -0.2) is 23.6 Å². The van der Waals surface area contributed by atoms with Crippen molar-refractivity contribution in [2.45, 2.75) is 13.0 Å². The number of benzene rings is 1. The van der Waals surface area contributed by atoms with Gasteiger partial charge >= 0.3 is 0 Å². The fourth-order valence-corrected chi connectivity index (χ4v) is 2.12. The van der Waals surface area contributed by atoms with Crippen LogP contribution in [0.4, 0.5) is 10.1 Å². The zero-order valence-electron chi connectivity index (χ0n) is 9.54. The average molecular weight is 382 g/mol. The highest BCUT2D eigenvalue weighted by molar-refractivity contribution is 14.1. The van der Waals surface area contributed by atoms with Crippen molar-refractivity contribution in [1.29, 1.82) is 0 Å². The van der Waals surface area contributed by atoms with Crippen molar-refractivity contribution in [2.75, 3.05) is 11.1 Å². The minimum Gasteiger partial charge on any atom is -0.344 e. The van der Waals surface area contributed by atoms with Gasteiger partial charge in [-0.15, -0.1) is 0 Å². The van der Waals surface area contributed by atoms with Gasteiger partial charge in [0, 0.05) is 16.2 Å². The second-order valence-electron chi connectivity index (χ2n) is 3.55. The van der Waals surface area contributed by atoms with Crippen molar-refractivity contribution in [3.8, 4) is 0 Å².